The Balaban J connectivity index is 1.79. The van der Waals surface area contributed by atoms with Crippen LogP contribution in [0.3, 0.4) is 0 Å². The number of rotatable bonds is 9. The van der Waals surface area contributed by atoms with Crippen LogP contribution in [0.15, 0.2) is 40.3 Å². The molecule has 0 atom stereocenters. The van der Waals surface area contributed by atoms with E-state index in [1.807, 2.05) is 30.3 Å². The SMILES string of the molecule is CCCCn1c(SCCCC(=O)c2ccccc2)n[nH]c1=O. The minimum Gasteiger partial charge on any atom is -0.294 e. The second kappa shape index (κ2) is 8.58. The summed E-state index contributed by atoms with van der Waals surface area (Å²) in [6, 6.07) is 9.33. The molecule has 0 aliphatic carbocycles. The Kier molecular flexibility index (Phi) is 6.45. The third kappa shape index (κ3) is 4.59. The molecule has 5 nitrogen and oxygen atoms in total. The van der Waals surface area contributed by atoms with Gasteiger partial charge in [-0.1, -0.05) is 55.4 Å². The highest BCUT2D eigenvalue weighted by Gasteiger charge is 2.09. The first kappa shape index (κ1) is 16.5. The average Bonchev–Trinajstić information content (AvgIpc) is 2.90. The lowest BCUT2D eigenvalue weighted by molar-refractivity contribution is 0.0982. The van der Waals surface area contributed by atoms with Gasteiger partial charge in [0.1, 0.15) is 0 Å². The molecule has 0 spiro atoms. The molecule has 1 aromatic heterocycles. The first-order valence-electron chi connectivity index (χ1n) is 7.58. The molecule has 0 fully saturated rings. The maximum absolute atomic E-state index is 12.0. The number of nitrogens with one attached hydrogen (secondary N) is 1. The first-order valence-corrected chi connectivity index (χ1v) is 8.57. The molecule has 6 heteroatoms. The zero-order valence-electron chi connectivity index (χ0n) is 12.7. The van der Waals surface area contributed by atoms with Crippen LogP contribution in [0.4, 0.5) is 0 Å². The Hall–Kier alpha value is -1.82. The minimum atomic E-state index is -0.156. The standard InChI is InChI=1S/C16H21N3O2S/c1-2-3-11-19-15(21)17-18-16(19)22-12-7-10-14(20)13-8-5-4-6-9-13/h4-6,8-9H,2-3,7,10-12H2,1H3,(H,17,21). The largest absolute Gasteiger partial charge is 0.343 e. The van der Waals surface area contributed by atoms with E-state index in [2.05, 4.69) is 17.1 Å². The molecule has 0 amide bonds. The van der Waals surface area contributed by atoms with Crippen molar-refractivity contribution in [2.24, 2.45) is 0 Å². The van der Waals surface area contributed by atoms with Crippen molar-refractivity contribution >= 4 is 17.5 Å². The molecule has 1 heterocycles. The summed E-state index contributed by atoms with van der Waals surface area (Å²) in [5.41, 5.74) is 0.600. The number of hydrogen-bond donors (Lipinski definition) is 1. The summed E-state index contributed by atoms with van der Waals surface area (Å²) >= 11 is 1.52. The van der Waals surface area contributed by atoms with Crippen LogP contribution in [0.2, 0.25) is 0 Å². The van der Waals surface area contributed by atoms with Gasteiger partial charge in [0.25, 0.3) is 0 Å². The number of carbonyl (C=O) groups excluding carboxylic acids is 1. The fourth-order valence-electron chi connectivity index (χ4n) is 2.09. The number of hydrogen-bond acceptors (Lipinski definition) is 4. The molecular formula is C16H21N3O2S. The highest BCUT2D eigenvalue weighted by Crippen LogP contribution is 2.16. The fraction of sp³-hybridized carbons (Fsp3) is 0.438. The lowest BCUT2D eigenvalue weighted by Gasteiger charge is -2.04. The van der Waals surface area contributed by atoms with Gasteiger partial charge >= 0.3 is 5.69 Å². The number of benzene rings is 1. The molecule has 0 saturated carbocycles. The van der Waals surface area contributed by atoms with Crippen molar-refractivity contribution < 1.29 is 4.79 Å². The van der Waals surface area contributed by atoms with Gasteiger partial charge in [-0.15, -0.1) is 5.10 Å². The van der Waals surface area contributed by atoms with Gasteiger partial charge in [-0.05, 0) is 12.8 Å². The quantitative estimate of drug-likeness (QED) is 0.438. The highest BCUT2D eigenvalue weighted by atomic mass is 32.2. The van der Waals surface area contributed by atoms with E-state index in [0.29, 0.717) is 18.1 Å². The topological polar surface area (TPSA) is 67.8 Å². The van der Waals surface area contributed by atoms with Crippen LogP contribution in [-0.2, 0) is 6.54 Å². The molecule has 0 unspecified atom stereocenters. The molecule has 2 rings (SSSR count). The number of nitrogens with zero attached hydrogens (tertiary/aromatic N) is 2. The maximum Gasteiger partial charge on any atom is 0.343 e. The first-order chi connectivity index (χ1) is 10.7. The van der Waals surface area contributed by atoms with E-state index in [0.717, 1.165) is 30.6 Å². The zero-order valence-corrected chi connectivity index (χ0v) is 13.6. The summed E-state index contributed by atoms with van der Waals surface area (Å²) in [4.78, 5) is 23.6. The number of aromatic nitrogens is 3. The maximum atomic E-state index is 12.0. The van der Waals surface area contributed by atoms with Gasteiger partial charge in [0, 0.05) is 24.3 Å². The molecule has 0 bridgehead atoms. The Morgan fingerprint density at radius 3 is 2.77 bits per heavy atom. The third-order valence-electron chi connectivity index (χ3n) is 3.33. The average molecular weight is 319 g/mol. The van der Waals surface area contributed by atoms with Crippen LogP contribution in [0.1, 0.15) is 43.0 Å². The second-order valence-corrected chi connectivity index (χ2v) is 6.12. The van der Waals surface area contributed by atoms with Crippen LogP contribution in [-0.4, -0.2) is 26.3 Å². The Labute approximate surface area is 134 Å². The van der Waals surface area contributed by atoms with Gasteiger partial charge in [0.05, 0.1) is 0 Å². The molecule has 22 heavy (non-hydrogen) atoms. The van der Waals surface area contributed by atoms with Gasteiger partial charge in [0.15, 0.2) is 10.9 Å². The van der Waals surface area contributed by atoms with Gasteiger partial charge in [-0.25, -0.2) is 9.89 Å². The fourth-order valence-corrected chi connectivity index (χ4v) is 3.00. The Bertz CT molecular complexity index is 649. The summed E-state index contributed by atoms with van der Waals surface area (Å²) in [5.74, 6) is 0.932. The predicted molar refractivity (Wildman–Crippen MR) is 88.5 cm³/mol. The molecular weight excluding hydrogens is 298 g/mol. The van der Waals surface area contributed by atoms with Crippen molar-refractivity contribution in [1.82, 2.24) is 14.8 Å². The van der Waals surface area contributed by atoms with E-state index >= 15 is 0 Å². The minimum absolute atomic E-state index is 0.156. The van der Waals surface area contributed by atoms with E-state index < -0.39 is 0 Å². The second-order valence-electron chi connectivity index (χ2n) is 5.06. The number of ketones is 1. The van der Waals surface area contributed by atoms with Gasteiger partial charge in [-0.2, -0.15) is 0 Å². The predicted octanol–water partition coefficient (Wildman–Crippen LogP) is 3.13. The van der Waals surface area contributed by atoms with Crippen LogP contribution < -0.4 is 5.69 Å². The number of carbonyl (C=O) groups is 1. The molecule has 0 saturated heterocycles. The number of H-pyrrole nitrogens is 1. The molecule has 2 aromatic rings. The lowest BCUT2D eigenvalue weighted by atomic mass is 10.1. The van der Waals surface area contributed by atoms with Crippen molar-refractivity contribution in [1.29, 1.82) is 0 Å². The third-order valence-corrected chi connectivity index (χ3v) is 4.40. The highest BCUT2D eigenvalue weighted by molar-refractivity contribution is 7.99. The number of Topliss-reactive ketones (excluding diaryl/α,β-unsaturated/α-hetero) is 1. The van der Waals surface area contributed by atoms with E-state index in [4.69, 9.17) is 0 Å². The molecule has 118 valence electrons. The summed E-state index contributed by atoms with van der Waals surface area (Å²) in [5, 5.41) is 7.25. The van der Waals surface area contributed by atoms with Crippen molar-refractivity contribution in [3.8, 4) is 0 Å². The smallest absolute Gasteiger partial charge is 0.294 e. The molecule has 1 N–H and O–H groups in total. The molecule has 0 radical (unpaired) electrons. The van der Waals surface area contributed by atoms with E-state index in [9.17, 15) is 9.59 Å². The van der Waals surface area contributed by atoms with Crippen molar-refractivity contribution in [2.45, 2.75) is 44.3 Å². The van der Waals surface area contributed by atoms with E-state index in [1.54, 1.807) is 4.57 Å². The van der Waals surface area contributed by atoms with Crippen LogP contribution in [0.5, 0.6) is 0 Å². The molecule has 1 aromatic carbocycles. The Morgan fingerprint density at radius 1 is 1.27 bits per heavy atom. The monoisotopic (exact) mass is 319 g/mol. The van der Waals surface area contributed by atoms with E-state index in [1.165, 1.54) is 11.8 Å². The molecule has 0 aliphatic rings. The Morgan fingerprint density at radius 2 is 2.05 bits per heavy atom. The zero-order chi connectivity index (χ0) is 15.8. The van der Waals surface area contributed by atoms with Crippen molar-refractivity contribution in [2.75, 3.05) is 5.75 Å². The summed E-state index contributed by atoms with van der Waals surface area (Å²) in [6.45, 7) is 2.78. The van der Waals surface area contributed by atoms with Crippen LogP contribution in [0.25, 0.3) is 0 Å². The lowest BCUT2D eigenvalue weighted by Crippen LogP contribution is -2.17. The van der Waals surface area contributed by atoms with Crippen LogP contribution in [0, 0.1) is 0 Å². The van der Waals surface area contributed by atoms with Gasteiger partial charge in [0.2, 0.25) is 0 Å². The molecule has 0 aliphatic heterocycles. The van der Waals surface area contributed by atoms with Crippen molar-refractivity contribution in [3.05, 3.63) is 46.4 Å². The number of unbranched alkanes of at least 4 members (excludes halogenated alkanes) is 1. The number of aromatic amines is 1. The van der Waals surface area contributed by atoms with Gasteiger partial charge in [-0.3, -0.25) is 9.36 Å². The van der Waals surface area contributed by atoms with Crippen molar-refractivity contribution in [3.63, 3.8) is 0 Å². The van der Waals surface area contributed by atoms with E-state index in [-0.39, 0.29) is 11.5 Å². The summed E-state index contributed by atoms with van der Waals surface area (Å²) < 4.78 is 1.67. The number of thioether (sulfide) groups is 1. The summed E-state index contributed by atoms with van der Waals surface area (Å²) in [7, 11) is 0. The summed E-state index contributed by atoms with van der Waals surface area (Å²) in [6.07, 6.45) is 3.28. The normalized spacial score (nSPS) is 10.8. The van der Waals surface area contributed by atoms with Gasteiger partial charge < -0.3 is 0 Å². The van der Waals surface area contributed by atoms with Crippen LogP contribution >= 0.6 is 11.8 Å².